The van der Waals surface area contributed by atoms with Gasteiger partial charge in [-0.2, -0.15) is 0 Å². The molecule has 0 bridgehead atoms. The molecule has 1 aliphatic rings. The van der Waals surface area contributed by atoms with Gasteiger partial charge in [0.15, 0.2) is 0 Å². The van der Waals surface area contributed by atoms with Crippen molar-refractivity contribution in [3.8, 4) is 0 Å². The van der Waals surface area contributed by atoms with Crippen molar-refractivity contribution in [1.29, 1.82) is 0 Å². The third-order valence-corrected chi connectivity index (χ3v) is 6.82. The fourth-order valence-corrected chi connectivity index (χ4v) is 5.11. The van der Waals surface area contributed by atoms with Gasteiger partial charge in [0.2, 0.25) is 0 Å². The molecule has 0 spiro atoms. The Labute approximate surface area is 175 Å². The van der Waals surface area contributed by atoms with Crippen LogP contribution in [0.15, 0.2) is 41.3 Å². The van der Waals surface area contributed by atoms with Crippen LogP contribution in [0.4, 0.5) is 11.4 Å². The lowest BCUT2D eigenvalue weighted by Crippen LogP contribution is -2.26. The number of fused-ring (bicyclic) bond motifs is 2. The van der Waals surface area contributed by atoms with E-state index in [0.717, 1.165) is 12.0 Å². The van der Waals surface area contributed by atoms with Crippen LogP contribution in [0.3, 0.4) is 0 Å². The van der Waals surface area contributed by atoms with E-state index in [1.54, 1.807) is 19.2 Å². The number of carbonyl (C=O) groups is 1. The number of rotatable bonds is 8. The minimum absolute atomic E-state index is 0.205. The van der Waals surface area contributed by atoms with Crippen LogP contribution in [-0.2, 0) is 26.0 Å². The molecule has 0 saturated carbocycles. The van der Waals surface area contributed by atoms with E-state index < -0.39 is 16.0 Å². The quantitative estimate of drug-likeness (QED) is 0.613. The van der Waals surface area contributed by atoms with Crippen LogP contribution in [0.1, 0.15) is 24.0 Å². The number of aliphatic carboxylic acids is 1. The predicted molar refractivity (Wildman–Crippen MR) is 112 cm³/mol. The predicted octanol–water partition coefficient (Wildman–Crippen LogP) is 3.36. The van der Waals surface area contributed by atoms with Crippen molar-refractivity contribution >= 4 is 39.0 Å². The molecule has 0 aliphatic carbocycles. The Morgan fingerprint density at radius 1 is 1.28 bits per heavy atom. The molecule has 1 aliphatic heterocycles. The monoisotopic (exact) mass is 438 g/mol. The van der Waals surface area contributed by atoms with Crippen LogP contribution in [0.2, 0.25) is 5.02 Å². The second-order valence-corrected chi connectivity index (χ2v) is 9.16. The number of nitrogens with zero attached hydrogens (tertiary/aromatic N) is 1. The molecule has 0 atom stereocenters. The maximum absolute atomic E-state index is 13.2. The number of ether oxygens (including phenoxy) is 1. The molecule has 7 nitrogen and oxygen atoms in total. The third kappa shape index (κ3) is 4.83. The van der Waals surface area contributed by atoms with E-state index in [1.165, 1.54) is 10.4 Å². The summed E-state index contributed by atoms with van der Waals surface area (Å²) in [6, 6.07) is 10.7. The van der Waals surface area contributed by atoms with Gasteiger partial charge in [0, 0.05) is 42.9 Å². The van der Waals surface area contributed by atoms with Gasteiger partial charge in [0.25, 0.3) is 10.0 Å². The number of halogens is 1. The molecule has 2 aromatic rings. The number of benzene rings is 2. The van der Waals surface area contributed by atoms with Crippen molar-refractivity contribution in [2.24, 2.45) is 0 Å². The Morgan fingerprint density at radius 3 is 2.79 bits per heavy atom. The smallest absolute Gasteiger partial charge is 0.329 e. The number of carboxylic acids is 1. The molecule has 9 heteroatoms. The van der Waals surface area contributed by atoms with E-state index in [9.17, 15) is 13.2 Å². The Morgan fingerprint density at radius 2 is 2.03 bits per heavy atom. The summed E-state index contributed by atoms with van der Waals surface area (Å²) >= 11 is 6.23. The maximum Gasteiger partial charge on any atom is 0.329 e. The van der Waals surface area contributed by atoms with E-state index in [4.69, 9.17) is 21.4 Å². The molecule has 2 N–H and O–H groups in total. The van der Waals surface area contributed by atoms with Gasteiger partial charge in [-0.1, -0.05) is 29.8 Å². The van der Waals surface area contributed by atoms with Crippen molar-refractivity contribution < 1.29 is 23.1 Å². The summed E-state index contributed by atoms with van der Waals surface area (Å²) in [6.45, 7) is 0.634. The maximum atomic E-state index is 13.2. The van der Waals surface area contributed by atoms with Crippen LogP contribution >= 0.6 is 11.6 Å². The lowest BCUT2D eigenvalue weighted by molar-refractivity contribution is -0.142. The third-order valence-electron chi connectivity index (χ3n) is 4.77. The SMILES string of the molecule is CN1c2ccccc2Cc2c(NCCCCOCC(=O)O)cc(Cl)cc2S1(=O)=O. The highest BCUT2D eigenvalue weighted by Gasteiger charge is 2.31. The summed E-state index contributed by atoms with van der Waals surface area (Å²) < 4.78 is 32.7. The van der Waals surface area contributed by atoms with E-state index in [-0.39, 0.29) is 11.5 Å². The fraction of sp³-hybridized carbons (Fsp3) is 0.350. The summed E-state index contributed by atoms with van der Waals surface area (Å²) in [6.07, 6.45) is 1.90. The van der Waals surface area contributed by atoms with Crippen LogP contribution in [0.25, 0.3) is 0 Å². The highest BCUT2D eigenvalue weighted by atomic mass is 35.5. The second-order valence-electron chi connectivity index (χ2n) is 6.79. The molecule has 2 aromatic carbocycles. The first kappa shape index (κ1) is 21.4. The summed E-state index contributed by atoms with van der Waals surface area (Å²) in [4.78, 5) is 10.6. The molecule has 1 heterocycles. The van der Waals surface area contributed by atoms with Crippen molar-refractivity contribution in [2.75, 3.05) is 36.4 Å². The fourth-order valence-electron chi connectivity index (χ4n) is 3.33. The molecule has 0 fully saturated rings. The average molecular weight is 439 g/mol. The van der Waals surface area contributed by atoms with E-state index in [1.807, 2.05) is 18.2 Å². The Kier molecular flexibility index (Phi) is 6.66. The van der Waals surface area contributed by atoms with Crippen molar-refractivity contribution in [3.63, 3.8) is 0 Å². The number of hydrogen-bond acceptors (Lipinski definition) is 5. The number of anilines is 2. The number of nitrogens with one attached hydrogen (secondary N) is 1. The number of hydrogen-bond donors (Lipinski definition) is 2. The van der Waals surface area contributed by atoms with Gasteiger partial charge in [0.1, 0.15) is 6.61 Å². The minimum atomic E-state index is -3.73. The molecule has 0 amide bonds. The lowest BCUT2D eigenvalue weighted by atomic mass is 10.0. The first-order valence-electron chi connectivity index (χ1n) is 9.23. The Bertz CT molecular complexity index is 1010. The zero-order valence-corrected chi connectivity index (χ0v) is 17.6. The van der Waals surface area contributed by atoms with Crippen molar-refractivity contribution in [3.05, 3.63) is 52.5 Å². The van der Waals surface area contributed by atoms with Gasteiger partial charge in [-0.15, -0.1) is 0 Å². The Hall–Kier alpha value is -2.29. The first-order valence-corrected chi connectivity index (χ1v) is 11.0. The van der Waals surface area contributed by atoms with Gasteiger partial charge in [0.05, 0.1) is 10.6 Å². The molecule has 0 saturated heterocycles. The highest BCUT2D eigenvalue weighted by molar-refractivity contribution is 7.92. The van der Waals surface area contributed by atoms with E-state index >= 15 is 0 Å². The minimum Gasteiger partial charge on any atom is -0.480 e. The summed E-state index contributed by atoms with van der Waals surface area (Å²) in [5, 5.41) is 12.2. The zero-order valence-electron chi connectivity index (χ0n) is 16.0. The molecule has 0 radical (unpaired) electrons. The van der Waals surface area contributed by atoms with Gasteiger partial charge in [-0.3, -0.25) is 4.31 Å². The highest BCUT2D eigenvalue weighted by Crippen LogP contribution is 2.38. The molecule has 156 valence electrons. The first-order chi connectivity index (χ1) is 13.8. The molecule has 3 rings (SSSR count). The molecular weight excluding hydrogens is 416 g/mol. The lowest BCUT2D eigenvalue weighted by Gasteiger charge is -2.20. The van der Waals surface area contributed by atoms with Gasteiger partial charge < -0.3 is 15.2 Å². The van der Waals surface area contributed by atoms with Crippen molar-refractivity contribution in [2.45, 2.75) is 24.2 Å². The van der Waals surface area contributed by atoms with Crippen molar-refractivity contribution in [1.82, 2.24) is 0 Å². The van der Waals surface area contributed by atoms with Crippen LogP contribution in [0.5, 0.6) is 0 Å². The van der Waals surface area contributed by atoms with Gasteiger partial charge >= 0.3 is 5.97 Å². The van der Waals surface area contributed by atoms with E-state index in [0.29, 0.717) is 48.0 Å². The summed E-state index contributed by atoms with van der Waals surface area (Å²) in [5.74, 6) is -0.990. The number of unbranched alkanes of at least 4 members (excludes halogenated alkanes) is 1. The average Bonchev–Trinajstić information content (AvgIpc) is 2.75. The molecule has 0 aromatic heterocycles. The molecular formula is C20H23ClN2O5S. The van der Waals surface area contributed by atoms with Gasteiger partial charge in [-0.05, 0) is 36.6 Å². The standard InChI is InChI=1S/C20H23ClN2O5S/c1-23-18-7-3-2-6-14(18)10-16-17(11-15(21)12-19(16)29(23,26)27)22-8-4-5-9-28-13-20(24)25/h2-3,6-7,11-12,22H,4-5,8-10,13H2,1H3,(H,24,25). The van der Waals surface area contributed by atoms with Crippen LogP contribution in [-0.4, -0.2) is 46.3 Å². The van der Waals surface area contributed by atoms with Crippen LogP contribution in [0, 0.1) is 0 Å². The van der Waals surface area contributed by atoms with E-state index in [2.05, 4.69) is 5.32 Å². The van der Waals surface area contributed by atoms with Gasteiger partial charge in [-0.25, -0.2) is 13.2 Å². The summed E-state index contributed by atoms with van der Waals surface area (Å²) in [5.41, 5.74) is 2.95. The number of para-hydroxylation sites is 1. The largest absolute Gasteiger partial charge is 0.480 e. The number of sulfonamides is 1. The summed E-state index contributed by atoms with van der Waals surface area (Å²) in [7, 11) is -2.18. The topological polar surface area (TPSA) is 95.9 Å². The molecule has 0 unspecified atom stereocenters. The van der Waals surface area contributed by atoms with Crippen LogP contribution < -0.4 is 9.62 Å². The zero-order chi connectivity index (χ0) is 21.0. The Balaban J connectivity index is 1.81. The molecule has 29 heavy (non-hydrogen) atoms. The second kappa shape index (κ2) is 9.02. The number of carboxylic acid groups (broad SMARTS) is 1. The normalized spacial score (nSPS) is 14.6.